The average molecular weight is 307 g/mol. The molecule has 0 aromatic heterocycles. The zero-order valence-electron chi connectivity index (χ0n) is 12.1. The highest BCUT2D eigenvalue weighted by Crippen LogP contribution is 2.21. The highest BCUT2D eigenvalue weighted by atomic mass is 32.2. The van der Waals surface area contributed by atoms with Crippen molar-refractivity contribution in [3.05, 3.63) is 35.9 Å². The van der Waals surface area contributed by atoms with Gasteiger partial charge in [-0.15, -0.1) is 6.42 Å². The van der Waals surface area contributed by atoms with E-state index in [0.29, 0.717) is 19.7 Å². The number of hydrogen-bond acceptors (Lipinski definition) is 3. The van der Waals surface area contributed by atoms with Crippen LogP contribution in [0.4, 0.5) is 0 Å². The first-order chi connectivity index (χ1) is 10.1. The molecule has 0 N–H and O–H groups in total. The van der Waals surface area contributed by atoms with Crippen molar-refractivity contribution < 1.29 is 13.2 Å². The Labute approximate surface area is 127 Å². The summed E-state index contributed by atoms with van der Waals surface area (Å²) < 4.78 is 31.9. The molecule has 1 aromatic carbocycles. The first-order valence-electron chi connectivity index (χ1n) is 7.15. The van der Waals surface area contributed by atoms with E-state index in [1.54, 1.807) is 4.31 Å². The molecule has 1 heterocycles. The molecule has 0 aliphatic carbocycles. The molecule has 0 bridgehead atoms. The fourth-order valence-corrected chi connectivity index (χ4v) is 4.22. The molecule has 4 nitrogen and oxygen atoms in total. The second-order valence-electron chi connectivity index (χ2n) is 5.33. The molecule has 1 saturated heterocycles. The summed E-state index contributed by atoms with van der Waals surface area (Å²) in [5.74, 6) is 2.72. The summed E-state index contributed by atoms with van der Waals surface area (Å²) in [4.78, 5) is 0. The number of hydrogen-bond donors (Lipinski definition) is 0. The fourth-order valence-electron chi connectivity index (χ4n) is 2.58. The minimum Gasteiger partial charge on any atom is -0.368 e. The van der Waals surface area contributed by atoms with Crippen LogP contribution in [0.1, 0.15) is 18.4 Å². The monoisotopic (exact) mass is 307 g/mol. The van der Waals surface area contributed by atoms with E-state index < -0.39 is 10.0 Å². The highest BCUT2D eigenvalue weighted by molar-refractivity contribution is 7.88. The van der Waals surface area contributed by atoms with Crippen molar-refractivity contribution in [1.29, 1.82) is 0 Å². The minimum absolute atomic E-state index is 0.0613. The normalized spacial score (nSPS) is 20.0. The fraction of sp³-hybridized carbons (Fsp3) is 0.500. The first-order valence-corrected chi connectivity index (χ1v) is 8.75. The van der Waals surface area contributed by atoms with Gasteiger partial charge in [-0.1, -0.05) is 36.3 Å². The van der Waals surface area contributed by atoms with Crippen molar-refractivity contribution in [3.8, 4) is 12.3 Å². The second-order valence-corrected chi connectivity index (χ2v) is 7.30. The molecular formula is C16H21NO3S. The van der Waals surface area contributed by atoms with Crippen LogP contribution in [0.15, 0.2) is 30.3 Å². The molecule has 0 amide bonds. The molecular weight excluding hydrogens is 286 g/mol. The Kier molecular flexibility index (Phi) is 5.80. The van der Waals surface area contributed by atoms with E-state index in [1.807, 2.05) is 30.3 Å². The predicted octanol–water partition coefficient (Wildman–Crippen LogP) is 1.88. The first kappa shape index (κ1) is 16.0. The summed E-state index contributed by atoms with van der Waals surface area (Å²) in [6.07, 6.45) is 7.01. The van der Waals surface area contributed by atoms with Gasteiger partial charge in [-0.2, -0.15) is 0 Å². The summed E-state index contributed by atoms with van der Waals surface area (Å²) >= 11 is 0. The lowest BCUT2D eigenvalue weighted by Crippen LogP contribution is -2.41. The van der Waals surface area contributed by atoms with E-state index >= 15 is 0 Å². The Morgan fingerprint density at radius 3 is 2.81 bits per heavy atom. The SMILES string of the molecule is C#CCOC[C@@H]1CCCN(S(=O)(=O)Cc2ccccc2)C1. The molecule has 0 saturated carbocycles. The predicted molar refractivity (Wildman–Crippen MR) is 83.0 cm³/mol. The molecule has 1 fully saturated rings. The number of piperidine rings is 1. The Bertz CT molecular complexity index is 577. The lowest BCUT2D eigenvalue weighted by Gasteiger charge is -2.31. The van der Waals surface area contributed by atoms with Crippen molar-refractivity contribution >= 4 is 10.0 Å². The standard InChI is InChI=1S/C16H21NO3S/c1-2-11-20-13-16-9-6-10-17(12-16)21(18,19)14-15-7-4-3-5-8-15/h1,3-5,7-8,16H,6,9-14H2/t16-/m1/s1. The number of sulfonamides is 1. The average Bonchev–Trinajstić information content (AvgIpc) is 2.48. The molecule has 0 spiro atoms. The van der Waals surface area contributed by atoms with Gasteiger partial charge in [0.1, 0.15) is 6.61 Å². The van der Waals surface area contributed by atoms with E-state index in [9.17, 15) is 8.42 Å². The smallest absolute Gasteiger partial charge is 0.218 e. The number of terminal acetylenes is 1. The lowest BCUT2D eigenvalue weighted by atomic mass is 10.0. The van der Waals surface area contributed by atoms with Crippen LogP contribution in [-0.2, 0) is 20.5 Å². The molecule has 1 aliphatic heterocycles. The zero-order valence-corrected chi connectivity index (χ0v) is 12.9. The van der Waals surface area contributed by atoms with Crippen LogP contribution in [-0.4, -0.2) is 39.0 Å². The number of ether oxygens (including phenoxy) is 1. The van der Waals surface area contributed by atoms with Crippen LogP contribution in [0, 0.1) is 18.3 Å². The second kappa shape index (κ2) is 7.60. The molecule has 1 atom stereocenters. The van der Waals surface area contributed by atoms with E-state index in [-0.39, 0.29) is 18.3 Å². The van der Waals surface area contributed by atoms with Gasteiger partial charge in [0.15, 0.2) is 0 Å². The number of benzene rings is 1. The summed E-state index contributed by atoms with van der Waals surface area (Å²) in [5, 5.41) is 0. The minimum atomic E-state index is -3.26. The molecule has 0 radical (unpaired) electrons. The van der Waals surface area contributed by atoms with Crippen molar-refractivity contribution in [2.75, 3.05) is 26.3 Å². The third-order valence-corrected chi connectivity index (χ3v) is 5.42. The van der Waals surface area contributed by atoms with Crippen LogP contribution in [0.5, 0.6) is 0 Å². The lowest BCUT2D eigenvalue weighted by molar-refractivity contribution is 0.0990. The van der Waals surface area contributed by atoms with Crippen molar-refractivity contribution in [2.45, 2.75) is 18.6 Å². The molecule has 0 unspecified atom stereocenters. The van der Waals surface area contributed by atoms with Crippen molar-refractivity contribution in [2.24, 2.45) is 5.92 Å². The van der Waals surface area contributed by atoms with Gasteiger partial charge >= 0.3 is 0 Å². The number of nitrogens with zero attached hydrogens (tertiary/aromatic N) is 1. The van der Waals surface area contributed by atoms with Crippen LogP contribution >= 0.6 is 0 Å². The van der Waals surface area contributed by atoms with Crippen LogP contribution in [0.3, 0.4) is 0 Å². The maximum Gasteiger partial charge on any atom is 0.218 e. The van der Waals surface area contributed by atoms with Crippen LogP contribution in [0.2, 0.25) is 0 Å². The van der Waals surface area contributed by atoms with Gasteiger partial charge in [0, 0.05) is 13.1 Å². The summed E-state index contributed by atoms with van der Waals surface area (Å²) in [7, 11) is -3.26. The zero-order chi connectivity index (χ0) is 15.1. The molecule has 2 rings (SSSR count). The molecule has 114 valence electrons. The van der Waals surface area contributed by atoms with Gasteiger partial charge in [-0.25, -0.2) is 12.7 Å². The molecule has 5 heteroatoms. The highest BCUT2D eigenvalue weighted by Gasteiger charge is 2.28. The Morgan fingerprint density at radius 2 is 2.10 bits per heavy atom. The summed E-state index contributed by atoms with van der Waals surface area (Å²) in [6, 6.07) is 9.29. The van der Waals surface area contributed by atoms with Gasteiger partial charge in [0.2, 0.25) is 10.0 Å². The van der Waals surface area contributed by atoms with E-state index in [2.05, 4.69) is 5.92 Å². The van der Waals surface area contributed by atoms with Gasteiger partial charge in [-0.3, -0.25) is 0 Å². The molecule has 1 aromatic rings. The number of rotatable bonds is 6. The summed E-state index contributed by atoms with van der Waals surface area (Å²) in [5.41, 5.74) is 0.822. The van der Waals surface area contributed by atoms with E-state index in [4.69, 9.17) is 11.2 Å². The van der Waals surface area contributed by atoms with Gasteiger partial charge in [0.05, 0.1) is 12.4 Å². The summed E-state index contributed by atoms with van der Waals surface area (Å²) in [6.45, 7) is 1.94. The Hall–Kier alpha value is -1.35. The van der Waals surface area contributed by atoms with E-state index in [0.717, 1.165) is 18.4 Å². The van der Waals surface area contributed by atoms with Crippen molar-refractivity contribution in [3.63, 3.8) is 0 Å². The third kappa shape index (κ3) is 4.85. The maximum atomic E-state index is 12.5. The van der Waals surface area contributed by atoms with Gasteiger partial charge in [-0.05, 0) is 24.3 Å². The van der Waals surface area contributed by atoms with Crippen LogP contribution < -0.4 is 0 Å². The van der Waals surface area contributed by atoms with Crippen molar-refractivity contribution in [1.82, 2.24) is 4.31 Å². The van der Waals surface area contributed by atoms with Crippen LogP contribution in [0.25, 0.3) is 0 Å². The quantitative estimate of drug-likeness (QED) is 0.595. The third-order valence-electron chi connectivity index (χ3n) is 3.61. The van der Waals surface area contributed by atoms with E-state index in [1.165, 1.54) is 0 Å². The Balaban J connectivity index is 1.95. The molecule has 1 aliphatic rings. The topological polar surface area (TPSA) is 46.6 Å². The van der Waals surface area contributed by atoms with Gasteiger partial charge in [0.25, 0.3) is 0 Å². The maximum absolute atomic E-state index is 12.5. The molecule has 21 heavy (non-hydrogen) atoms. The largest absolute Gasteiger partial charge is 0.368 e. The Morgan fingerprint density at radius 1 is 1.33 bits per heavy atom. The van der Waals surface area contributed by atoms with Gasteiger partial charge < -0.3 is 4.74 Å².